The van der Waals surface area contributed by atoms with E-state index in [0.29, 0.717) is 48.9 Å². The fourth-order valence-corrected chi connectivity index (χ4v) is 4.16. The molecule has 0 unspecified atom stereocenters. The number of carbonyl (C=O) groups is 2. The molecule has 28 heavy (non-hydrogen) atoms. The Hall–Kier alpha value is -2.33. The van der Waals surface area contributed by atoms with Gasteiger partial charge in [0.1, 0.15) is 0 Å². The van der Waals surface area contributed by atoms with Gasteiger partial charge in [0, 0.05) is 37.4 Å². The van der Waals surface area contributed by atoms with E-state index < -0.39 is 10.8 Å². The molecule has 154 valence electrons. The standard InChI is InChI=1S/C19H27N3O5S/c1-4-6-15(3)18(23)20-16-7-9-17(10-8-16)28(25,26)22-13-11-21(12-14-22)19(24)27-5-2/h4,6-10,25-26H,1,5,11-14H2,2-3H3,(H,20,23)/b15-6+. The second-order valence-electron chi connectivity index (χ2n) is 6.20. The Morgan fingerprint density at radius 2 is 1.82 bits per heavy atom. The summed E-state index contributed by atoms with van der Waals surface area (Å²) in [5.41, 5.74) is 1.07. The third kappa shape index (κ3) is 5.35. The van der Waals surface area contributed by atoms with Crippen molar-refractivity contribution < 1.29 is 23.4 Å². The summed E-state index contributed by atoms with van der Waals surface area (Å²) in [5, 5.41) is 2.73. The second kappa shape index (κ2) is 9.74. The fourth-order valence-electron chi connectivity index (χ4n) is 2.69. The minimum atomic E-state index is -3.18. The molecule has 0 spiro atoms. The Bertz CT molecular complexity index is 740. The van der Waals surface area contributed by atoms with Gasteiger partial charge in [-0.25, -0.2) is 4.79 Å². The van der Waals surface area contributed by atoms with Gasteiger partial charge in [0.2, 0.25) is 0 Å². The number of hydrogen-bond donors (Lipinski definition) is 3. The Kier molecular flexibility index (Phi) is 7.64. The average molecular weight is 410 g/mol. The topological polar surface area (TPSA) is 102 Å². The first kappa shape index (κ1) is 22.0. The minimum Gasteiger partial charge on any atom is -0.450 e. The van der Waals surface area contributed by atoms with Crippen LogP contribution in [0, 0.1) is 0 Å². The number of amides is 2. The van der Waals surface area contributed by atoms with E-state index in [1.54, 1.807) is 53.4 Å². The Balaban J connectivity index is 2.00. The van der Waals surface area contributed by atoms with Crippen molar-refractivity contribution in [3.05, 3.63) is 48.6 Å². The van der Waals surface area contributed by atoms with Crippen molar-refractivity contribution in [1.82, 2.24) is 9.21 Å². The van der Waals surface area contributed by atoms with Crippen LogP contribution in [0.15, 0.2) is 53.5 Å². The molecule has 1 aromatic carbocycles. The molecule has 0 aliphatic carbocycles. The van der Waals surface area contributed by atoms with Crippen molar-refractivity contribution in [3.63, 3.8) is 0 Å². The SMILES string of the molecule is C=C/C=C(\C)C(=O)Nc1ccc(S(O)(O)N2CCN(C(=O)OCC)CC2)cc1. The first-order valence-corrected chi connectivity index (χ1v) is 10.5. The number of hydrogen-bond acceptors (Lipinski definition) is 6. The summed E-state index contributed by atoms with van der Waals surface area (Å²) < 4.78 is 27.9. The van der Waals surface area contributed by atoms with Crippen molar-refractivity contribution in [2.45, 2.75) is 18.7 Å². The molecule has 0 aromatic heterocycles. The molecule has 2 rings (SSSR count). The summed E-state index contributed by atoms with van der Waals surface area (Å²) in [5.74, 6) is -0.255. The first-order chi connectivity index (χ1) is 13.3. The van der Waals surface area contributed by atoms with Crippen LogP contribution in [-0.2, 0) is 9.53 Å². The number of nitrogens with one attached hydrogen (secondary N) is 1. The van der Waals surface area contributed by atoms with Gasteiger partial charge in [0.25, 0.3) is 5.91 Å². The number of allylic oxidation sites excluding steroid dienone is 2. The van der Waals surface area contributed by atoms with E-state index in [1.165, 1.54) is 6.08 Å². The lowest BCUT2D eigenvalue weighted by Gasteiger charge is -2.46. The number of ether oxygens (including phenoxy) is 1. The molecule has 1 aromatic rings. The highest BCUT2D eigenvalue weighted by Crippen LogP contribution is 2.51. The van der Waals surface area contributed by atoms with Crippen LogP contribution in [0.5, 0.6) is 0 Å². The normalized spacial score (nSPS) is 16.4. The van der Waals surface area contributed by atoms with Gasteiger partial charge in [-0.05, 0) is 38.1 Å². The Labute approximate surface area is 166 Å². The fraction of sp³-hybridized carbons (Fsp3) is 0.368. The highest BCUT2D eigenvalue weighted by atomic mass is 32.3. The van der Waals surface area contributed by atoms with E-state index in [1.807, 2.05) is 0 Å². The maximum Gasteiger partial charge on any atom is 0.409 e. The zero-order valence-electron chi connectivity index (χ0n) is 16.1. The molecule has 1 heterocycles. The first-order valence-electron chi connectivity index (χ1n) is 8.95. The number of piperazine rings is 1. The lowest BCUT2D eigenvalue weighted by atomic mass is 10.2. The van der Waals surface area contributed by atoms with Gasteiger partial charge in [0.15, 0.2) is 0 Å². The Morgan fingerprint density at radius 1 is 1.21 bits per heavy atom. The summed E-state index contributed by atoms with van der Waals surface area (Å²) in [7, 11) is -3.18. The van der Waals surface area contributed by atoms with Gasteiger partial charge in [-0.15, -0.1) is 10.8 Å². The third-order valence-corrected chi connectivity index (χ3v) is 6.27. The maximum absolute atomic E-state index is 12.0. The smallest absolute Gasteiger partial charge is 0.409 e. The van der Waals surface area contributed by atoms with Gasteiger partial charge in [-0.2, -0.15) is 4.31 Å². The summed E-state index contributed by atoms with van der Waals surface area (Å²) in [4.78, 5) is 25.7. The van der Waals surface area contributed by atoms with E-state index in [-0.39, 0.29) is 12.0 Å². The molecule has 1 saturated heterocycles. The molecule has 9 heteroatoms. The van der Waals surface area contributed by atoms with E-state index >= 15 is 0 Å². The lowest BCUT2D eigenvalue weighted by molar-refractivity contribution is -0.112. The van der Waals surface area contributed by atoms with Crippen LogP contribution in [0.25, 0.3) is 0 Å². The van der Waals surface area contributed by atoms with Crippen molar-refractivity contribution >= 4 is 28.5 Å². The van der Waals surface area contributed by atoms with Gasteiger partial charge in [-0.3, -0.25) is 13.9 Å². The van der Waals surface area contributed by atoms with Crippen LogP contribution in [0.2, 0.25) is 0 Å². The third-order valence-electron chi connectivity index (χ3n) is 4.28. The second-order valence-corrected chi connectivity index (χ2v) is 8.22. The van der Waals surface area contributed by atoms with Crippen molar-refractivity contribution in [3.8, 4) is 0 Å². The molecular formula is C19H27N3O5S. The molecule has 1 aliphatic heterocycles. The highest BCUT2D eigenvalue weighted by Gasteiger charge is 2.31. The monoisotopic (exact) mass is 409 g/mol. The predicted molar refractivity (Wildman–Crippen MR) is 110 cm³/mol. The van der Waals surface area contributed by atoms with Crippen LogP contribution in [0.4, 0.5) is 10.5 Å². The molecule has 0 saturated carbocycles. The van der Waals surface area contributed by atoms with Gasteiger partial charge >= 0.3 is 6.09 Å². The molecule has 0 bridgehead atoms. The van der Waals surface area contributed by atoms with E-state index in [9.17, 15) is 18.7 Å². The largest absolute Gasteiger partial charge is 0.450 e. The summed E-state index contributed by atoms with van der Waals surface area (Å²) in [6, 6.07) is 6.40. The molecule has 1 fully saturated rings. The highest BCUT2D eigenvalue weighted by molar-refractivity contribution is 8.22. The van der Waals surface area contributed by atoms with Crippen molar-refractivity contribution in [2.24, 2.45) is 0 Å². The number of nitrogens with zero attached hydrogens (tertiary/aromatic N) is 2. The van der Waals surface area contributed by atoms with Gasteiger partial charge < -0.3 is 15.0 Å². The number of benzene rings is 1. The average Bonchev–Trinajstić information content (AvgIpc) is 2.69. The molecule has 1 aliphatic rings. The summed E-state index contributed by atoms with van der Waals surface area (Å²) >= 11 is 0. The molecule has 0 radical (unpaired) electrons. The summed E-state index contributed by atoms with van der Waals surface area (Å²) in [6.45, 7) is 8.65. The van der Waals surface area contributed by atoms with Gasteiger partial charge in [-0.1, -0.05) is 18.7 Å². The Morgan fingerprint density at radius 3 is 2.36 bits per heavy atom. The number of carbonyl (C=O) groups excluding carboxylic acids is 2. The zero-order valence-corrected chi connectivity index (χ0v) is 16.9. The van der Waals surface area contributed by atoms with Crippen LogP contribution < -0.4 is 5.32 Å². The molecule has 2 amide bonds. The van der Waals surface area contributed by atoms with Crippen LogP contribution in [0.3, 0.4) is 0 Å². The predicted octanol–water partition coefficient (Wildman–Crippen LogP) is 3.56. The summed E-state index contributed by atoms with van der Waals surface area (Å²) in [6.07, 6.45) is 2.75. The number of anilines is 1. The molecular weight excluding hydrogens is 382 g/mol. The number of rotatable bonds is 6. The minimum absolute atomic E-state index is 0.255. The van der Waals surface area contributed by atoms with Crippen molar-refractivity contribution in [2.75, 3.05) is 38.1 Å². The van der Waals surface area contributed by atoms with Crippen LogP contribution in [-0.4, -0.2) is 63.1 Å². The van der Waals surface area contributed by atoms with E-state index in [0.717, 1.165) is 0 Å². The lowest BCUT2D eigenvalue weighted by Crippen LogP contribution is -2.49. The molecule has 0 atom stereocenters. The van der Waals surface area contributed by atoms with Crippen LogP contribution >= 0.6 is 10.8 Å². The zero-order chi connectivity index (χ0) is 20.7. The van der Waals surface area contributed by atoms with Crippen LogP contribution in [0.1, 0.15) is 13.8 Å². The maximum atomic E-state index is 12.0. The van der Waals surface area contributed by atoms with Crippen molar-refractivity contribution in [1.29, 1.82) is 0 Å². The van der Waals surface area contributed by atoms with E-state index in [4.69, 9.17) is 4.74 Å². The quantitative estimate of drug-likeness (QED) is 0.490. The molecule has 3 N–H and O–H groups in total. The van der Waals surface area contributed by atoms with E-state index in [2.05, 4.69) is 11.9 Å². The molecule has 8 nitrogen and oxygen atoms in total. The van der Waals surface area contributed by atoms with Gasteiger partial charge in [0.05, 0.1) is 11.5 Å².